The lowest BCUT2D eigenvalue weighted by Gasteiger charge is -2.02. The van der Waals surface area contributed by atoms with Crippen LogP contribution < -0.4 is 0 Å². The highest BCUT2D eigenvalue weighted by Crippen LogP contribution is 2.35. The maximum Gasteiger partial charge on any atom is 0.173 e. The largest absolute Gasteiger partial charge is 0.236 e. The molecule has 0 aliphatic rings. The molecular formula is C15H8BrF2NS. The highest BCUT2D eigenvalue weighted by Gasteiger charge is 2.15. The first kappa shape index (κ1) is 13.4. The molecule has 100 valence electrons. The van der Waals surface area contributed by atoms with Crippen LogP contribution in [0.15, 0.2) is 52.3 Å². The van der Waals surface area contributed by atoms with Crippen LogP contribution in [0.3, 0.4) is 0 Å². The van der Waals surface area contributed by atoms with Crippen LogP contribution in [0, 0.1) is 11.6 Å². The zero-order valence-corrected chi connectivity index (χ0v) is 12.5. The molecule has 0 saturated heterocycles. The zero-order chi connectivity index (χ0) is 14.1. The van der Waals surface area contributed by atoms with E-state index in [9.17, 15) is 8.78 Å². The summed E-state index contributed by atoms with van der Waals surface area (Å²) in [4.78, 5) is 4.48. The van der Waals surface area contributed by atoms with Crippen molar-refractivity contribution in [2.24, 2.45) is 0 Å². The van der Waals surface area contributed by atoms with E-state index in [1.165, 1.54) is 17.4 Å². The van der Waals surface area contributed by atoms with Crippen LogP contribution in [-0.2, 0) is 0 Å². The van der Waals surface area contributed by atoms with E-state index < -0.39 is 11.6 Å². The first-order chi connectivity index (χ1) is 9.66. The molecule has 0 radical (unpaired) electrons. The fourth-order valence-electron chi connectivity index (χ4n) is 1.83. The van der Waals surface area contributed by atoms with Crippen LogP contribution in [0.1, 0.15) is 0 Å². The summed E-state index contributed by atoms with van der Waals surface area (Å²) in [7, 11) is 0. The third-order valence-electron chi connectivity index (χ3n) is 2.84. The van der Waals surface area contributed by atoms with Crippen LogP contribution >= 0.6 is 27.3 Å². The smallest absolute Gasteiger partial charge is 0.173 e. The Morgan fingerprint density at radius 1 is 1.00 bits per heavy atom. The first-order valence-corrected chi connectivity index (χ1v) is 7.49. The summed E-state index contributed by atoms with van der Waals surface area (Å²) in [5, 5.41) is 2.55. The lowest BCUT2D eigenvalue weighted by atomic mass is 10.2. The van der Waals surface area contributed by atoms with Gasteiger partial charge in [0.25, 0.3) is 0 Å². The van der Waals surface area contributed by atoms with E-state index in [1.807, 2.05) is 35.7 Å². The van der Waals surface area contributed by atoms with Crippen molar-refractivity contribution < 1.29 is 8.78 Å². The highest BCUT2D eigenvalue weighted by molar-refractivity contribution is 9.10. The standard InChI is InChI=1S/C15H8BrF2NS/c16-13-10(6-7-11(17)14(13)18)15-19-12(8-20-15)9-4-2-1-3-5-9/h1-8H. The summed E-state index contributed by atoms with van der Waals surface area (Å²) >= 11 is 4.48. The van der Waals surface area contributed by atoms with Gasteiger partial charge in [-0.1, -0.05) is 30.3 Å². The second kappa shape index (κ2) is 5.42. The Balaban J connectivity index is 2.05. The Kier molecular flexibility index (Phi) is 3.63. The number of aromatic nitrogens is 1. The number of benzene rings is 2. The first-order valence-electron chi connectivity index (χ1n) is 5.81. The van der Waals surface area contributed by atoms with Crippen molar-refractivity contribution in [3.05, 3.63) is 64.0 Å². The van der Waals surface area contributed by atoms with E-state index in [0.29, 0.717) is 10.6 Å². The van der Waals surface area contributed by atoms with Crippen LogP contribution in [0.4, 0.5) is 8.78 Å². The molecule has 0 N–H and O–H groups in total. The van der Waals surface area contributed by atoms with Crippen LogP contribution in [0.5, 0.6) is 0 Å². The van der Waals surface area contributed by atoms with Gasteiger partial charge in [-0.15, -0.1) is 11.3 Å². The molecule has 0 aliphatic carbocycles. The summed E-state index contributed by atoms with van der Waals surface area (Å²) in [5.41, 5.74) is 2.37. The maximum atomic E-state index is 13.6. The van der Waals surface area contributed by atoms with Gasteiger partial charge in [0, 0.05) is 16.5 Å². The lowest BCUT2D eigenvalue weighted by Crippen LogP contribution is -1.89. The van der Waals surface area contributed by atoms with Crippen molar-refractivity contribution in [2.45, 2.75) is 0 Å². The highest BCUT2D eigenvalue weighted by atomic mass is 79.9. The van der Waals surface area contributed by atoms with E-state index in [2.05, 4.69) is 20.9 Å². The number of nitrogens with zero attached hydrogens (tertiary/aromatic N) is 1. The molecule has 0 bridgehead atoms. The number of thiazole rings is 1. The molecule has 2 aromatic carbocycles. The SMILES string of the molecule is Fc1ccc(-c2nc(-c3ccccc3)cs2)c(Br)c1F. The van der Waals surface area contributed by atoms with Gasteiger partial charge in [-0.05, 0) is 28.1 Å². The van der Waals surface area contributed by atoms with E-state index >= 15 is 0 Å². The minimum atomic E-state index is -0.890. The summed E-state index contributed by atoms with van der Waals surface area (Å²) in [6.07, 6.45) is 0. The molecule has 1 nitrogen and oxygen atoms in total. The van der Waals surface area contributed by atoms with Gasteiger partial charge in [0.1, 0.15) is 5.01 Å². The summed E-state index contributed by atoms with van der Waals surface area (Å²) in [6.45, 7) is 0. The van der Waals surface area contributed by atoms with Gasteiger partial charge in [-0.25, -0.2) is 13.8 Å². The minimum Gasteiger partial charge on any atom is -0.236 e. The number of rotatable bonds is 2. The van der Waals surface area contributed by atoms with Gasteiger partial charge in [-0.2, -0.15) is 0 Å². The number of halogens is 3. The molecule has 0 amide bonds. The number of hydrogen-bond acceptors (Lipinski definition) is 2. The topological polar surface area (TPSA) is 12.9 Å². The van der Waals surface area contributed by atoms with Crippen molar-refractivity contribution in [1.29, 1.82) is 0 Å². The molecule has 3 rings (SSSR count). The Morgan fingerprint density at radius 2 is 1.75 bits per heavy atom. The number of hydrogen-bond donors (Lipinski definition) is 0. The maximum absolute atomic E-state index is 13.6. The predicted octanol–water partition coefficient (Wildman–Crippen LogP) is 5.52. The van der Waals surface area contributed by atoms with Crippen LogP contribution in [-0.4, -0.2) is 4.98 Å². The zero-order valence-electron chi connectivity index (χ0n) is 10.1. The van der Waals surface area contributed by atoms with Crippen molar-refractivity contribution >= 4 is 27.3 Å². The van der Waals surface area contributed by atoms with Crippen molar-refractivity contribution in [2.75, 3.05) is 0 Å². The quantitative estimate of drug-likeness (QED) is 0.554. The summed E-state index contributed by atoms with van der Waals surface area (Å²) in [6, 6.07) is 12.3. The average molecular weight is 352 g/mol. The second-order valence-electron chi connectivity index (χ2n) is 4.13. The minimum absolute atomic E-state index is 0.103. The van der Waals surface area contributed by atoms with Crippen molar-refractivity contribution in [3.63, 3.8) is 0 Å². The molecule has 3 aromatic rings. The molecule has 5 heteroatoms. The Morgan fingerprint density at radius 3 is 2.50 bits per heavy atom. The van der Waals surface area contributed by atoms with Gasteiger partial charge >= 0.3 is 0 Å². The molecular weight excluding hydrogens is 344 g/mol. The van der Waals surface area contributed by atoms with Crippen molar-refractivity contribution in [3.8, 4) is 21.8 Å². The fraction of sp³-hybridized carbons (Fsp3) is 0. The van der Waals surface area contributed by atoms with E-state index in [0.717, 1.165) is 17.3 Å². The fourth-order valence-corrected chi connectivity index (χ4v) is 3.33. The average Bonchev–Trinajstić information content (AvgIpc) is 2.95. The molecule has 0 saturated carbocycles. The second-order valence-corrected chi connectivity index (χ2v) is 5.78. The third-order valence-corrected chi connectivity index (χ3v) is 4.49. The van der Waals surface area contributed by atoms with Gasteiger partial charge < -0.3 is 0 Å². The molecule has 0 aliphatic heterocycles. The van der Waals surface area contributed by atoms with Crippen LogP contribution in [0.25, 0.3) is 21.8 Å². The molecule has 0 atom stereocenters. The molecule has 0 fully saturated rings. The van der Waals surface area contributed by atoms with E-state index in [-0.39, 0.29) is 4.47 Å². The predicted molar refractivity (Wildman–Crippen MR) is 80.6 cm³/mol. The summed E-state index contributed by atoms with van der Waals surface area (Å²) in [5.74, 6) is -1.76. The van der Waals surface area contributed by atoms with E-state index in [1.54, 1.807) is 0 Å². The monoisotopic (exact) mass is 351 g/mol. The van der Waals surface area contributed by atoms with Gasteiger partial charge in [0.05, 0.1) is 10.2 Å². The van der Waals surface area contributed by atoms with E-state index in [4.69, 9.17) is 0 Å². The lowest BCUT2D eigenvalue weighted by molar-refractivity contribution is 0.505. The molecule has 0 unspecified atom stereocenters. The summed E-state index contributed by atoms with van der Waals surface area (Å²) < 4.78 is 26.8. The van der Waals surface area contributed by atoms with Gasteiger partial charge in [-0.3, -0.25) is 0 Å². The Labute approximate surface area is 127 Å². The normalized spacial score (nSPS) is 10.8. The van der Waals surface area contributed by atoms with Gasteiger partial charge in [0.15, 0.2) is 11.6 Å². The Hall–Kier alpha value is -1.59. The van der Waals surface area contributed by atoms with Gasteiger partial charge in [0.2, 0.25) is 0 Å². The third kappa shape index (κ3) is 2.39. The Bertz CT molecular complexity index is 756. The molecule has 20 heavy (non-hydrogen) atoms. The molecule has 0 spiro atoms. The molecule has 1 heterocycles. The van der Waals surface area contributed by atoms with Crippen LogP contribution in [0.2, 0.25) is 0 Å². The van der Waals surface area contributed by atoms with Crippen molar-refractivity contribution in [1.82, 2.24) is 4.98 Å². The molecule has 1 aromatic heterocycles.